The normalized spacial score (nSPS) is 21.1. The smallest absolute Gasteiger partial charge is 0.368 e. The number of hydrogen-bond donors (Lipinski definition) is 2. The molecule has 2 aliphatic rings. The fourth-order valence-corrected chi connectivity index (χ4v) is 3.88. The molecule has 1 atom stereocenters. The largest absolute Gasteiger partial charge is 0.426 e. The third-order valence-corrected chi connectivity index (χ3v) is 5.39. The molecule has 0 aliphatic carbocycles. The highest BCUT2D eigenvalue weighted by Gasteiger charge is 2.31. The van der Waals surface area contributed by atoms with Crippen molar-refractivity contribution in [1.82, 2.24) is 30.2 Å². The summed E-state index contributed by atoms with van der Waals surface area (Å²) in [5, 5.41) is 4.21. The first kappa shape index (κ1) is 17.7. The molecule has 12 heteroatoms. The third-order valence-electron chi connectivity index (χ3n) is 4.67. The lowest BCUT2D eigenvalue weighted by atomic mass is 10.2. The molecule has 3 N–H and O–H groups in total. The molecule has 144 valence electrons. The second-order valence-electron chi connectivity index (χ2n) is 6.45. The minimum atomic E-state index is -0.606. The van der Waals surface area contributed by atoms with Crippen LogP contribution in [0, 0.1) is 0 Å². The number of fused-ring (bicyclic) bond motifs is 1. The van der Waals surface area contributed by atoms with Crippen molar-refractivity contribution in [3.05, 3.63) is 5.51 Å². The van der Waals surface area contributed by atoms with Gasteiger partial charge in [-0.3, -0.25) is 4.79 Å². The standard InChI is InChI=1S/C15H20N8O3S/c1-21-3-2-9(13(21)24)18-15(25)26-23-6-4-22(5-7-23)11-10-12(27-8-17-10)20-14(16)19-11/h8-9H,2-7H2,1H3,(H,18,25)(H2,16,19,20). The Morgan fingerprint density at radius 1 is 1.30 bits per heavy atom. The van der Waals surface area contributed by atoms with Crippen molar-refractivity contribution in [3.8, 4) is 0 Å². The van der Waals surface area contributed by atoms with Crippen LogP contribution in [-0.2, 0) is 9.63 Å². The Bertz CT molecular complexity index is 866. The van der Waals surface area contributed by atoms with E-state index in [4.69, 9.17) is 10.6 Å². The number of anilines is 2. The molecule has 2 saturated heterocycles. The Kier molecular flexibility index (Phi) is 4.66. The molecule has 0 bridgehead atoms. The van der Waals surface area contributed by atoms with Crippen molar-refractivity contribution >= 4 is 45.5 Å². The minimum absolute atomic E-state index is 0.0922. The van der Waals surface area contributed by atoms with Crippen LogP contribution in [0.15, 0.2) is 5.51 Å². The van der Waals surface area contributed by atoms with Crippen LogP contribution in [0.4, 0.5) is 16.6 Å². The number of rotatable bonds is 3. The summed E-state index contributed by atoms with van der Waals surface area (Å²) in [6.45, 7) is 2.83. The van der Waals surface area contributed by atoms with Gasteiger partial charge in [-0.05, 0) is 6.42 Å². The maximum Gasteiger partial charge on any atom is 0.426 e. The van der Waals surface area contributed by atoms with Crippen molar-refractivity contribution < 1.29 is 14.4 Å². The maximum atomic E-state index is 12.1. The number of nitrogen functional groups attached to an aromatic ring is 1. The second kappa shape index (κ2) is 7.12. The van der Waals surface area contributed by atoms with Crippen LogP contribution in [0.3, 0.4) is 0 Å². The molecule has 2 aromatic heterocycles. The highest BCUT2D eigenvalue weighted by atomic mass is 32.1. The molecular formula is C15H20N8O3S. The summed E-state index contributed by atoms with van der Waals surface area (Å²) in [7, 11) is 1.72. The van der Waals surface area contributed by atoms with Gasteiger partial charge in [0.25, 0.3) is 0 Å². The summed E-state index contributed by atoms with van der Waals surface area (Å²) < 4.78 is 0. The number of hydroxylamine groups is 2. The lowest BCUT2D eigenvalue weighted by molar-refractivity contribution is -0.129. The van der Waals surface area contributed by atoms with E-state index in [9.17, 15) is 9.59 Å². The number of carbonyl (C=O) groups excluding carboxylic acids is 2. The van der Waals surface area contributed by atoms with Gasteiger partial charge < -0.3 is 25.7 Å². The zero-order valence-corrected chi connectivity index (χ0v) is 15.6. The molecule has 11 nitrogen and oxygen atoms in total. The predicted octanol–water partition coefficient (Wildman–Crippen LogP) is -0.338. The van der Waals surface area contributed by atoms with Gasteiger partial charge in [0.1, 0.15) is 11.6 Å². The van der Waals surface area contributed by atoms with E-state index in [0.29, 0.717) is 45.0 Å². The van der Waals surface area contributed by atoms with Crippen molar-refractivity contribution in [2.45, 2.75) is 12.5 Å². The summed E-state index contributed by atoms with van der Waals surface area (Å²) in [5.74, 6) is 0.818. The first-order valence-electron chi connectivity index (χ1n) is 8.61. The number of nitrogens with one attached hydrogen (secondary N) is 1. The van der Waals surface area contributed by atoms with Crippen LogP contribution in [0.1, 0.15) is 6.42 Å². The maximum absolute atomic E-state index is 12.1. The molecule has 0 aromatic carbocycles. The Labute approximate surface area is 159 Å². The van der Waals surface area contributed by atoms with Gasteiger partial charge in [-0.15, -0.1) is 16.4 Å². The van der Waals surface area contributed by atoms with Crippen LogP contribution < -0.4 is 16.0 Å². The van der Waals surface area contributed by atoms with Crippen LogP contribution in [0.25, 0.3) is 10.3 Å². The predicted molar refractivity (Wildman–Crippen MR) is 99.1 cm³/mol. The highest BCUT2D eigenvalue weighted by molar-refractivity contribution is 7.16. The fourth-order valence-electron chi connectivity index (χ4n) is 3.22. The summed E-state index contributed by atoms with van der Waals surface area (Å²) >= 11 is 1.42. The molecule has 0 saturated carbocycles. The van der Waals surface area contributed by atoms with E-state index in [1.165, 1.54) is 11.3 Å². The lowest BCUT2D eigenvalue weighted by Gasteiger charge is -2.34. The molecule has 4 rings (SSSR count). The molecule has 27 heavy (non-hydrogen) atoms. The molecule has 2 amide bonds. The second-order valence-corrected chi connectivity index (χ2v) is 7.28. The molecule has 1 unspecified atom stereocenters. The third kappa shape index (κ3) is 3.57. The molecular weight excluding hydrogens is 372 g/mol. The molecule has 2 aromatic rings. The van der Waals surface area contributed by atoms with Crippen LogP contribution in [-0.4, -0.2) is 82.7 Å². The van der Waals surface area contributed by atoms with Gasteiger partial charge in [0.2, 0.25) is 11.9 Å². The first-order valence-corrected chi connectivity index (χ1v) is 9.49. The number of aromatic nitrogens is 3. The number of nitrogens with zero attached hydrogens (tertiary/aromatic N) is 6. The number of likely N-dealkylation sites (N-methyl/N-ethyl adjacent to an activating group) is 1. The number of likely N-dealkylation sites (tertiary alicyclic amines) is 1. The SMILES string of the molecule is CN1CCC(NC(=O)ON2CCN(c3nc(N)nc4scnc34)CC2)C1=O. The van der Waals surface area contributed by atoms with E-state index < -0.39 is 12.1 Å². The van der Waals surface area contributed by atoms with Crippen molar-refractivity contribution in [3.63, 3.8) is 0 Å². The average Bonchev–Trinajstić information content (AvgIpc) is 3.23. The van der Waals surface area contributed by atoms with E-state index >= 15 is 0 Å². The average molecular weight is 392 g/mol. The van der Waals surface area contributed by atoms with E-state index in [2.05, 4.69) is 20.3 Å². The quantitative estimate of drug-likeness (QED) is 0.720. The van der Waals surface area contributed by atoms with Gasteiger partial charge in [0.15, 0.2) is 10.6 Å². The summed E-state index contributed by atoms with van der Waals surface area (Å²) in [6.07, 6.45) is -0.0120. The summed E-state index contributed by atoms with van der Waals surface area (Å²) in [6, 6.07) is -0.509. The van der Waals surface area contributed by atoms with E-state index in [0.717, 1.165) is 10.3 Å². The van der Waals surface area contributed by atoms with E-state index in [-0.39, 0.29) is 11.9 Å². The zero-order chi connectivity index (χ0) is 19.0. The monoisotopic (exact) mass is 392 g/mol. The van der Waals surface area contributed by atoms with Gasteiger partial charge in [0, 0.05) is 26.7 Å². The first-order chi connectivity index (χ1) is 13.0. The molecule has 0 radical (unpaired) electrons. The Balaban J connectivity index is 1.33. The van der Waals surface area contributed by atoms with Crippen molar-refractivity contribution in [1.29, 1.82) is 0 Å². The number of thiazole rings is 1. The van der Waals surface area contributed by atoms with Crippen LogP contribution in [0.2, 0.25) is 0 Å². The Hall–Kier alpha value is -2.73. The minimum Gasteiger partial charge on any atom is -0.368 e. The molecule has 0 spiro atoms. The number of amides is 2. The molecule has 2 fully saturated rings. The number of nitrogens with two attached hydrogens (primary N) is 1. The topological polar surface area (TPSA) is 130 Å². The Morgan fingerprint density at radius 3 is 2.78 bits per heavy atom. The zero-order valence-electron chi connectivity index (χ0n) is 14.8. The Morgan fingerprint density at radius 2 is 2.07 bits per heavy atom. The van der Waals surface area contributed by atoms with E-state index in [1.54, 1.807) is 22.5 Å². The summed E-state index contributed by atoms with van der Waals surface area (Å²) in [4.78, 5) is 46.5. The lowest BCUT2D eigenvalue weighted by Crippen LogP contribution is -2.50. The van der Waals surface area contributed by atoms with Crippen molar-refractivity contribution in [2.24, 2.45) is 0 Å². The number of carbonyl (C=O) groups is 2. The van der Waals surface area contributed by atoms with Gasteiger partial charge in [-0.25, -0.2) is 14.8 Å². The van der Waals surface area contributed by atoms with Crippen LogP contribution >= 0.6 is 11.3 Å². The van der Waals surface area contributed by atoms with Crippen molar-refractivity contribution in [2.75, 3.05) is 50.4 Å². The van der Waals surface area contributed by atoms with Gasteiger partial charge in [-0.1, -0.05) is 0 Å². The van der Waals surface area contributed by atoms with E-state index in [1.807, 2.05) is 4.90 Å². The van der Waals surface area contributed by atoms with Gasteiger partial charge >= 0.3 is 6.09 Å². The van der Waals surface area contributed by atoms with Crippen LogP contribution in [0.5, 0.6) is 0 Å². The highest BCUT2D eigenvalue weighted by Crippen LogP contribution is 2.26. The molecule has 4 heterocycles. The molecule has 2 aliphatic heterocycles. The summed E-state index contributed by atoms with van der Waals surface area (Å²) in [5.41, 5.74) is 8.24. The van der Waals surface area contributed by atoms with Gasteiger partial charge in [0.05, 0.1) is 18.6 Å². The number of hydrogen-bond acceptors (Lipinski definition) is 10. The fraction of sp³-hybridized carbons (Fsp3) is 0.533. The number of piperazine rings is 1. The van der Waals surface area contributed by atoms with Gasteiger partial charge in [-0.2, -0.15) is 4.98 Å².